The summed E-state index contributed by atoms with van der Waals surface area (Å²) in [6.45, 7) is 3.48. The fourth-order valence-corrected chi connectivity index (χ4v) is 1.69. The van der Waals surface area contributed by atoms with Crippen molar-refractivity contribution < 1.29 is 9.53 Å². The standard InChI is InChI=1S/C12H15ClO2/c1-3-4-12(13)10-5-7-11(8-6-10)15-9(2)14/h5-8,12H,3-4H2,1-2H3. The first kappa shape index (κ1) is 12.1. The fraction of sp³-hybridized carbons (Fsp3) is 0.417. The number of alkyl halides is 1. The Labute approximate surface area is 95.2 Å². The van der Waals surface area contributed by atoms with E-state index >= 15 is 0 Å². The van der Waals surface area contributed by atoms with Crippen molar-refractivity contribution in [2.24, 2.45) is 0 Å². The average Bonchev–Trinajstić information content (AvgIpc) is 2.18. The fourth-order valence-electron chi connectivity index (χ4n) is 1.33. The van der Waals surface area contributed by atoms with Crippen molar-refractivity contribution in [3.63, 3.8) is 0 Å². The zero-order chi connectivity index (χ0) is 11.3. The van der Waals surface area contributed by atoms with Gasteiger partial charge in [-0.05, 0) is 24.1 Å². The quantitative estimate of drug-likeness (QED) is 0.445. The van der Waals surface area contributed by atoms with Crippen LogP contribution in [0.4, 0.5) is 0 Å². The van der Waals surface area contributed by atoms with Crippen molar-refractivity contribution in [1.29, 1.82) is 0 Å². The SMILES string of the molecule is CCCC(Cl)c1ccc(OC(C)=O)cc1. The van der Waals surface area contributed by atoms with E-state index in [1.165, 1.54) is 6.92 Å². The largest absolute Gasteiger partial charge is 0.427 e. The second-order valence-electron chi connectivity index (χ2n) is 3.42. The molecule has 0 aromatic heterocycles. The molecule has 2 nitrogen and oxygen atoms in total. The van der Waals surface area contributed by atoms with Gasteiger partial charge in [-0.2, -0.15) is 0 Å². The van der Waals surface area contributed by atoms with E-state index in [1.807, 2.05) is 12.1 Å². The number of carbonyl (C=O) groups excluding carboxylic acids is 1. The molecule has 1 unspecified atom stereocenters. The minimum absolute atomic E-state index is 0.0429. The molecule has 1 atom stereocenters. The lowest BCUT2D eigenvalue weighted by Gasteiger charge is -2.08. The zero-order valence-electron chi connectivity index (χ0n) is 9.00. The first-order valence-electron chi connectivity index (χ1n) is 5.06. The van der Waals surface area contributed by atoms with Gasteiger partial charge in [0.25, 0.3) is 0 Å². The maximum Gasteiger partial charge on any atom is 0.308 e. The Morgan fingerprint density at radius 3 is 2.47 bits per heavy atom. The number of hydrogen-bond acceptors (Lipinski definition) is 2. The summed E-state index contributed by atoms with van der Waals surface area (Å²) in [5.41, 5.74) is 1.06. The van der Waals surface area contributed by atoms with E-state index in [-0.39, 0.29) is 11.3 Å². The monoisotopic (exact) mass is 226 g/mol. The highest BCUT2D eigenvalue weighted by Crippen LogP contribution is 2.26. The van der Waals surface area contributed by atoms with Crippen LogP contribution >= 0.6 is 11.6 Å². The van der Waals surface area contributed by atoms with Gasteiger partial charge in [0, 0.05) is 6.92 Å². The van der Waals surface area contributed by atoms with E-state index < -0.39 is 0 Å². The molecule has 0 aliphatic heterocycles. The van der Waals surface area contributed by atoms with Crippen LogP contribution in [-0.4, -0.2) is 5.97 Å². The molecule has 82 valence electrons. The van der Waals surface area contributed by atoms with Gasteiger partial charge in [0.05, 0.1) is 5.38 Å². The Hall–Kier alpha value is -1.02. The van der Waals surface area contributed by atoms with E-state index in [0.717, 1.165) is 18.4 Å². The molecule has 0 saturated heterocycles. The maximum absolute atomic E-state index is 10.7. The van der Waals surface area contributed by atoms with E-state index in [0.29, 0.717) is 5.75 Å². The zero-order valence-corrected chi connectivity index (χ0v) is 9.75. The van der Waals surface area contributed by atoms with Gasteiger partial charge in [-0.15, -0.1) is 11.6 Å². The normalized spacial score (nSPS) is 12.2. The van der Waals surface area contributed by atoms with E-state index in [2.05, 4.69) is 6.92 Å². The lowest BCUT2D eigenvalue weighted by molar-refractivity contribution is -0.131. The molecule has 1 aromatic carbocycles. The molecule has 1 aromatic rings. The number of carbonyl (C=O) groups is 1. The minimum atomic E-state index is -0.307. The lowest BCUT2D eigenvalue weighted by Crippen LogP contribution is -2.01. The molecule has 0 aliphatic carbocycles. The number of rotatable bonds is 4. The molecule has 0 bridgehead atoms. The third-order valence-electron chi connectivity index (χ3n) is 2.05. The third-order valence-corrected chi connectivity index (χ3v) is 2.52. The molecule has 0 heterocycles. The number of hydrogen-bond donors (Lipinski definition) is 0. The molecule has 15 heavy (non-hydrogen) atoms. The highest BCUT2D eigenvalue weighted by molar-refractivity contribution is 6.20. The molecule has 1 rings (SSSR count). The topological polar surface area (TPSA) is 26.3 Å². The van der Waals surface area contributed by atoms with Crippen LogP contribution in [0.3, 0.4) is 0 Å². The van der Waals surface area contributed by atoms with Gasteiger partial charge >= 0.3 is 5.97 Å². The van der Waals surface area contributed by atoms with Gasteiger partial charge in [0.2, 0.25) is 0 Å². The summed E-state index contributed by atoms with van der Waals surface area (Å²) in [4.78, 5) is 10.7. The summed E-state index contributed by atoms with van der Waals surface area (Å²) in [5, 5.41) is 0.0429. The van der Waals surface area contributed by atoms with Gasteiger partial charge in [0.15, 0.2) is 0 Å². The number of ether oxygens (including phenoxy) is 1. The van der Waals surface area contributed by atoms with Crippen LogP contribution in [0.25, 0.3) is 0 Å². The van der Waals surface area contributed by atoms with Gasteiger partial charge < -0.3 is 4.74 Å². The van der Waals surface area contributed by atoms with Crippen LogP contribution in [-0.2, 0) is 4.79 Å². The summed E-state index contributed by atoms with van der Waals surface area (Å²) in [5.74, 6) is 0.255. The molecule has 0 aliphatic rings. The van der Waals surface area contributed by atoms with Gasteiger partial charge in [0.1, 0.15) is 5.75 Å². The Morgan fingerprint density at radius 2 is 2.00 bits per heavy atom. The highest BCUT2D eigenvalue weighted by atomic mass is 35.5. The molecule has 0 fully saturated rings. The van der Waals surface area contributed by atoms with Crippen molar-refractivity contribution in [1.82, 2.24) is 0 Å². The number of benzene rings is 1. The summed E-state index contributed by atoms with van der Waals surface area (Å²) in [6, 6.07) is 7.32. The summed E-state index contributed by atoms with van der Waals surface area (Å²) < 4.78 is 4.93. The second kappa shape index (κ2) is 5.76. The minimum Gasteiger partial charge on any atom is -0.427 e. The predicted molar refractivity (Wildman–Crippen MR) is 61.3 cm³/mol. The van der Waals surface area contributed by atoms with E-state index in [4.69, 9.17) is 16.3 Å². The molecular formula is C12H15ClO2. The van der Waals surface area contributed by atoms with Crippen molar-refractivity contribution in [2.75, 3.05) is 0 Å². The molecule has 0 spiro atoms. The molecular weight excluding hydrogens is 212 g/mol. The lowest BCUT2D eigenvalue weighted by atomic mass is 10.1. The smallest absolute Gasteiger partial charge is 0.308 e. The Balaban J connectivity index is 2.67. The van der Waals surface area contributed by atoms with Gasteiger partial charge in [-0.25, -0.2) is 0 Å². The van der Waals surface area contributed by atoms with Gasteiger partial charge in [-0.1, -0.05) is 25.5 Å². The van der Waals surface area contributed by atoms with Crippen molar-refractivity contribution >= 4 is 17.6 Å². The summed E-state index contributed by atoms with van der Waals surface area (Å²) in [6.07, 6.45) is 2.01. The van der Waals surface area contributed by atoms with Crippen LogP contribution in [0, 0.1) is 0 Å². The van der Waals surface area contributed by atoms with Crippen LogP contribution < -0.4 is 4.74 Å². The number of halogens is 1. The van der Waals surface area contributed by atoms with Crippen molar-refractivity contribution in [3.8, 4) is 5.75 Å². The summed E-state index contributed by atoms with van der Waals surface area (Å²) in [7, 11) is 0. The summed E-state index contributed by atoms with van der Waals surface area (Å²) >= 11 is 6.16. The Kier molecular flexibility index (Phi) is 4.63. The molecule has 0 saturated carbocycles. The van der Waals surface area contributed by atoms with Crippen molar-refractivity contribution in [2.45, 2.75) is 32.1 Å². The maximum atomic E-state index is 10.7. The third kappa shape index (κ3) is 3.92. The first-order valence-corrected chi connectivity index (χ1v) is 5.49. The van der Waals surface area contributed by atoms with Gasteiger partial charge in [-0.3, -0.25) is 4.79 Å². The molecule has 0 N–H and O–H groups in total. The van der Waals surface area contributed by atoms with Crippen LogP contribution in [0.5, 0.6) is 5.75 Å². The average molecular weight is 227 g/mol. The highest BCUT2D eigenvalue weighted by Gasteiger charge is 2.06. The predicted octanol–water partition coefficient (Wildman–Crippen LogP) is 3.69. The molecule has 0 radical (unpaired) electrons. The number of esters is 1. The molecule has 3 heteroatoms. The van der Waals surface area contributed by atoms with Crippen LogP contribution in [0.1, 0.15) is 37.6 Å². The Bertz CT molecular complexity index is 319. The van der Waals surface area contributed by atoms with Crippen LogP contribution in [0.2, 0.25) is 0 Å². The Morgan fingerprint density at radius 1 is 1.40 bits per heavy atom. The van der Waals surface area contributed by atoms with E-state index in [1.54, 1.807) is 12.1 Å². The molecule has 0 amide bonds. The van der Waals surface area contributed by atoms with Crippen molar-refractivity contribution in [3.05, 3.63) is 29.8 Å². The second-order valence-corrected chi connectivity index (χ2v) is 3.95. The van der Waals surface area contributed by atoms with Crippen LogP contribution in [0.15, 0.2) is 24.3 Å². The van der Waals surface area contributed by atoms with E-state index in [9.17, 15) is 4.79 Å². The first-order chi connectivity index (χ1) is 7.13.